The Hall–Kier alpha value is -3.60. The second-order valence-electron chi connectivity index (χ2n) is 6.80. The molecule has 0 aliphatic carbocycles. The summed E-state index contributed by atoms with van der Waals surface area (Å²) in [5.41, 5.74) is 0.629. The Morgan fingerprint density at radius 2 is 1.81 bits per heavy atom. The van der Waals surface area contributed by atoms with Crippen LogP contribution >= 0.6 is 0 Å². The molecule has 0 aromatic heterocycles. The van der Waals surface area contributed by atoms with Crippen LogP contribution in [0.4, 0.5) is 10.1 Å². The van der Waals surface area contributed by atoms with E-state index in [1.165, 1.54) is 35.2 Å². The number of unbranched alkanes of at least 4 members (excludes halogenated alkanes) is 1. The monoisotopic (exact) mass is 442 g/mol. The second kappa shape index (κ2) is 13.0. The molecule has 0 atom stereocenters. The molecule has 170 valence electrons. The van der Waals surface area contributed by atoms with Gasteiger partial charge in [0.15, 0.2) is 18.1 Å². The number of halogens is 1. The molecule has 0 aliphatic heterocycles. The minimum Gasteiger partial charge on any atom is -0.490 e. The number of carbonyl (C=O) groups excluding carboxylic acids is 2. The molecular weight excluding hydrogens is 415 g/mol. The highest BCUT2D eigenvalue weighted by Gasteiger charge is 2.19. The molecule has 2 aromatic carbocycles. The number of carbonyl (C=O) groups is 2. The van der Waals surface area contributed by atoms with Crippen molar-refractivity contribution in [1.82, 2.24) is 0 Å². The number of benzene rings is 2. The predicted molar refractivity (Wildman–Crippen MR) is 117 cm³/mol. The average Bonchev–Trinajstić information content (AvgIpc) is 2.80. The molecule has 0 radical (unpaired) electrons. The number of hydrogen-bond acceptors (Lipinski definition) is 6. The van der Waals surface area contributed by atoms with Gasteiger partial charge >= 0.3 is 5.97 Å². The summed E-state index contributed by atoms with van der Waals surface area (Å²) in [5, 5.41) is 8.86. The van der Waals surface area contributed by atoms with Gasteiger partial charge in [0, 0.05) is 12.2 Å². The minimum absolute atomic E-state index is 0.0777. The summed E-state index contributed by atoms with van der Waals surface area (Å²) >= 11 is 0. The van der Waals surface area contributed by atoms with Crippen molar-refractivity contribution in [3.63, 3.8) is 0 Å². The van der Waals surface area contributed by atoms with Crippen LogP contribution in [0.2, 0.25) is 0 Å². The molecule has 0 aliphatic rings. The molecule has 0 saturated carbocycles. The fourth-order valence-corrected chi connectivity index (χ4v) is 2.82. The normalized spacial score (nSPS) is 10.2. The third kappa shape index (κ3) is 7.27. The molecular formula is C24H27FN2O5. The topological polar surface area (TPSA) is 88.9 Å². The van der Waals surface area contributed by atoms with E-state index < -0.39 is 24.3 Å². The van der Waals surface area contributed by atoms with Crippen LogP contribution in [0.5, 0.6) is 11.5 Å². The van der Waals surface area contributed by atoms with E-state index in [9.17, 15) is 14.0 Å². The number of esters is 1. The Morgan fingerprint density at radius 3 is 2.47 bits per heavy atom. The van der Waals surface area contributed by atoms with E-state index in [-0.39, 0.29) is 18.5 Å². The van der Waals surface area contributed by atoms with Crippen molar-refractivity contribution in [2.24, 2.45) is 0 Å². The van der Waals surface area contributed by atoms with Gasteiger partial charge in [-0.25, -0.2) is 9.18 Å². The molecule has 0 spiro atoms. The van der Waals surface area contributed by atoms with Crippen molar-refractivity contribution in [2.75, 3.05) is 31.3 Å². The minimum atomic E-state index is -0.696. The van der Waals surface area contributed by atoms with E-state index in [1.54, 1.807) is 12.1 Å². The quantitative estimate of drug-likeness (QED) is 0.355. The zero-order valence-electron chi connectivity index (χ0n) is 18.3. The molecule has 0 bridgehead atoms. The Balaban J connectivity index is 2.06. The number of ether oxygens (including phenoxy) is 3. The maximum atomic E-state index is 13.2. The van der Waals surface area contributed by atoms with Gasteiger partial charge in [0.1, 0.15) is 5.82 Å². The molecule has 0 unspecified atom stereocenters. The summed E-state index contributed by atoms with van der Waals surface area (Å²) in [6.45, 7) is 4.39. The fraction of sp³-hybridized carbons (Fsp3) is 0.375. The van der Waals surface area contributed by atoms with Crippen molar-refractivity contribution < 1.29 is 28.2 Å². The molecule has 0 saturated heterocycles. The summed E-state index contributed by atoms with van der Waals surface area (Å²) < 4.78 is 29.7. The lowest BCUT2D eigenvalue weighted by Gasteiger charge is -2.21. The second-order valence-corrected chi connectivity index (χ2v) is 6.80. The van der Waals surface area contributed by atoms with Gasteiger partial charge in [0.05, 0.1) is 31.3 Å². The number of nitrogens with zero attached hydrogens (tertiary/aromatic N) is 2. The molecule has 0 N–H and O–H groups in total. The summed E-state index contributed by atoms with van der Waals surface area (Å²) in [4.78, 5) is 26.4. The predicted octanol–water partition coefficient (Wildman–Crippen LogP) is 4.51. The van der Waals surface area contributed by atoms with Crippen LogP contribution in [-0.4, -0.2) is 38.2 Å². The first-order valence-corrected chi connectivity index (χ1v) is 10.5. The summed E-state index contributed by atoms with van der Waals surface area (Å²) in [6, 6.07) is 12.0. The standard InChI is InChI=1S/C24H27FN2O5/c1-3-5-15-31-21-12-7-18(16-22(21)30-4-2)24(29)32-17-23(28)27(14-6-13-26)20-10-8-19(25)9-11-20/h7-12,16H,3-6,14-15,17H2,1-2H3. The summed E-state index contributed by atoms with van der Waals surface area (Å²) in [5.74, 6) is -0.707. The molecule has 2 rings (SSSR count). The molecule has 32 heavy (non-hydrogen) atoms. The van der Waals surface area contributed by atoms with Crippen LogP contribution in [-0.2, 0) is 9.53 Å². The first-order valence-electron chi connectivity index (χ1n) is 10.5. The van der Waals surface area contributed by atoms with Crippen molar-refractivity contribution in [2.45, 2.75) is 33.1 Å². The van der Waals surface area contributed by atoms with Crippen LogP contribution in [0, 0.1) is 17.1 Å². The van der Waals surface area contributed by atoms with Crippen LogP contribution < -0.4 is 14.4 Å². The number of amides is 1. The average molecular weight is 442 g/mol. The van der Waals surface area contributed by atoms with Crippen molar-refractivity contribution in [3.8, 4) is 17.6 Å². The van der Waals surface area contributed by atoms with Crippen LogP contribution in [0.3, 0.4) is 0 Å². The largest absolute Gasteiger partial charge is 0.490 e. The molecule has 7 nitrogen and oxygen atoms in total. The van der Waals surface area contributed by atoms with E-state index >= 15 is 0 Å². The molecule has 8 heteroatoms. The number of hydrogen-bond donors (Lipinski definition) is 0. The SMILES string of the molecule is CCCCOc1ccc(C(=O)OCC(=O)N(CCC#N)c2ccc(F)cc2)cc1OCC. The van der Waals surface area contributed by atoms with E-state index in [4.69, 9.17) is 19.5 Å². The third-order valence-corrected chi connectivity index (χ3v) is 4.45. The van der Waals surface area contributed by atoms with Crippen LogP contribution in [0.15, 0.2) is 42.5 Å². The Bertz CT molecular complexity index is 940. The zero-order valence-corrected chi connectivity index (χ0v) is 18.3. The van der Waals surface area contributed by atoms with Gasteiger partial charge in [-0.15, -0.1) is 0 Å². The lowest BCUT2D eigenvalue weighted by molar-refractivity contribution is -0.121. The summed E-state index contributed by atoms with van der Waals surface area (Å²) in [6.07, 6.45) is 1.97. The lowest BCUT2D eigenvalue weighted by Crippen LogP contribution is -2.35. The van der Waals surface area contributed by atoms with Gasteiger partial charge < -0.3 is 19.1 Å². The van der Waals surface area contributed by atoms with Gasteiger partial charge in [-0.2, -0.15) is 5.26 Å². The molecule has 1 amide bonds. The van der Waals surface area contributed by atoms with Gasteiger partial charge in [-0.05, 0) is 55.8 Å². The third-order valence-electron chi connectivity index (χ3n) is 4.45. The smallest absolute Gasteiger partial charge is 0.338 e. The van der Waals surface area contributed by atoms with Gasteiger partial charge in [-0.1, -0.05) is 13.3 Å². The number of anilines is 1. The molecule has 0 fully saturated rings. The highest BCUT2D eigenvalue weighted by atomic mass is 19.1. The maximum Gasteiger partial charge on any atom is 0.338 e. The Labute approximate surface area is 187 Å². The number of nitriles is 1. The highest BCUT2D eigenvalue weighted by Crippen LogP contribution is 2.29. The van der Waals surface area contributed by atoms with E-state index in [1.807, 2.05) is 13.0 Å². The van der Waals surface area contributed by atoms with E-state index in [0.29, 0.717) is 30.4 Å². The fourth-order valence-electron chi connectivity index (χ4n) is 2.82. The Kier molecular flexibility index (Phi) is 9.98. The van der Waals surface area contributed by atoms with Gasteiger partial charge in [0.2, 0.25) is 0 Å². The first kappa shape index (κ1) is 24.7. The van der Waals surface area contributed by atoms with E-state index in [2.05, 4.69) is 6.92 Å². The van der Waals surface area contributed by atoms with Crippen molar-refractivity contribution in [1.29, 1.82) is 5.26 Å². The van der Waals surface area contributed by atoms with Crippen LogP contribution in [0.1, 0.15) is 43.5 Å². The van der Waals surface area contributed by atoms with Gasteiger partial charge in [0.25, 0.3) is 5.91 Å². The molecule has 0 heterocycles. The highest BCUT2D eigenvalue weighted by molar-refractivity contribution is 5.97. The number of rotatable bonds is 12. The zero-order chi connectivity index (χ0) is 23.3. The van der Waals surface area contributed by atoms with Crippen molar-refractivity contribution >= 4 is 17.6 Å². The maximum absolute atomic E-state index is 13.2. The van der Waals surface area contributed by atoms with E-state index in [0.717, 1.165) is 12.8 Å². The van der Waals surface area contributed by atoms with Crippen LogP contribution in [0.25, 0.3) is 0 Å². The van der Waals surface area contributed by atoms with Gasteiger partial charge in [-0.3, -0.25) is 4.79 Å². The van der Waals surface area contributed by atoms with Crippen molar-refractivity contribution in [3.05, 3.63) is 53.8 Å². The molecule has 2 aromatic rings. The Morgan fingerprint density at radius 1 is 1.06 bits per heavy atom. The lowest BCUT2D eigenvalue weighted by atomic mass is 10.2. The first-order chi connectivity index (χ1) is 15.5. The summed E-state index contributed by atoms with van der Waals surface area (Å²) in [7, 11) is 0.